The highest BCUT2D eigenvalue weighted by atomic mass is 35.5. The minimum atomic E-state index is -0.384. The van der Waals surface area contributed by atoms with Gasteiger partial charge in [-0.05, 0) is 43.6 Å². The summed E-state index contributed by atoms with van der Waals surface area (Å²) in [5.74, 6) is 0.0612. The molecule has 0 bridgehead atoms. The lowest BCUT2D eigenvalue weighted by atomic mass is 9.95. The molecule has 1 aromatic carbocycles. The molecule has 1 heterocycles. The summed E-state index contributed by atoms with van der Waals surface area (Å²) in [6.45, 7) is 2.40. The first-order valence-corrected chi connectivity index (χ1v) is 6.61. The summed E-state index contributed by atoms with van der Waals surface area (Å²) in [5, 5.41) is 11.8. The Kier molecular flexibility index (Phi) is 4.61. The molecular formula is C13H17ClFN3O. The third-order valence-corrected chi connectivity index (χ3v) is 3.82. The van der Waals surface area contributed by atoms with Crippen molar-refractivity contribution >= 4 is 17.4 Å². The van der Waals surface area contributed by atoms with Crippen molar-refractivity contribution < 1.29 is 9.60 Å². The van der Waals surface area contributed by atoms with Gasteiger partial charge in [-0.3, -0.25) is 4.90 Å². The van der Waals surface area contributed by atoms with Crippen molar-refractivity contribution in [2.24, 2.45) is 16.8 Å². The lowest BCUT2D eigenvalue weighted by Crippen LogP contribution is -2.38. The number of oxime groups is 1. The number of nitrogens with zero attached hydrogens (tertiary/aromatic N) is 2. The second-order valence-corrected chi connectivity index (χ2v) is 5.23. The molecule has 1 aliphatic heterocycles. The van der Waals surface area contributed by atoms with E-state index in [4.69, 9.17) is 22.5 Å². The van der Waals surface area contributed by atoms with Gasteiger partial charge in [-0.2, -0.15) is 0 Å². The maximum absolute atomic E-state index is 13.3. The SMILES string of the molecule is N/C(=N/O)C1CCN(Cc2ccc(Cl)c(F)c2)CC1. The second kappa shape index (κ2) is 6.21. The molecule has 1 fully saturated rings. The van der Waals surface area contributed by atoms with Gasteiger partial charge in [0.2, 0.25) is 0 Å². The highest BCUT2D eigenvalue weighted by Gasteiger charge is 2.22. The summed E-state index contributed by atoms with van der Waals surface area (Å²) in [4.78, 5) is 2.23. The van der Waals surface area contributed by atoms with E-state index in [9.17, 15) is 4.39 Å². The summed E-state index contributed by atoms with van der Waals surface area (Å²) < 4.78 is 13.3. The lowest BCUT2D eigenvalue weighted by molar-refractivity contribution is 0.198. The van der Waals surface area contributed by atoms with E-state index >= 15 is 0 Å². The van der Waals surface area contributed by atoms with Gasteiger partial charge in [0.05, 0.1) is 5.02 Å². The smallest absolute Gasteiger partial charge is 0.142 e. The van der Waals surface area contributed by atoms with Gasteiger partial charge >= 0.3 is 0 Å². The van der Waals surface area contributed by atoms with Crippen LogP contribution in [0.2, 0.25) is 5.02 Å². The Bertz CT molecular complexity index is 473. The molecule has 0 atom stereocenters. The fraction of sp³-hybridized carbons (Fsp3) is 0.462. The molecular weight excluding hydrogens is 269 g/mol. The third-order valence-electron chi connectivity index (χ3n) is 3.51. The number of rotatable bonds is 3. The van der Waals surface area contributed by atoms with Crippen LogP contribution in [0.5, 0.6) is 0 Å². The molecule has 0 aromatic heterocycles. The van der Waals surface area contributed by atoms with Crippen LogP contribution in [0.1, 0.15) is 18.4 Å². The monoisotopic (exact) mass is 285 g/mol. The van der Waals surface area contributed by atoms with E-state index < -0.39 is 0 Å². The molecule has 1 saturated heterocycles. The Morgan fingerprint density at radius 3 is 2.74 bits per heavy atom. The number of likely N-dealkylation sites (tertiary alicyclic amines) is 1. The Morgan fingerprint density at radius 1 is 1.47 bits per heavy atom. The number of hydrogen-bond acceptors (Lipinski definition) is 3. The van der Waals surface area contributed by atoms with Gasteiger partial charge in [0.25, 0.3) is 0 Å². The zero-order valence-corrected chi connectivity index (χ0v) is 11.3. The first-order chi connectivity index (χ1) is 9.10. The van der Waals surface area contributed by atoms with E-state index in [1.54, 1.807) is 6.07 Å². The van der Waals surface area contributed by atoms with E-state index in [0.717, 1.165) is 31.5 Å². The van der Waals surface area contributed by atoms with Crippen LogP contribution in [0.3, 0.4) is 0 Å². The normalized spacial score (nSPS) is 18.7. The topological polar surface area (TPSA) is 61.9 Å². The van der Waals surface area contributed by atoms with Crippen molar-refractivity contribution in [2.45, 2.75) is 19.4 Å². The van der Waals surface area contributed by atoms with Crippen molar-refractivity contribution in [3.05, 3.63) is 34.6 Å². The molecule has 104 valence electrons. The maximum Gasteiger partial charge on any atom is 0.142 e. The fourth-order valence-corrected chi connectivity index (χ4v) is 2.48. The van der Waals surface area contributed by atoms with Crippen molar-refractivity contribution in [3.8, 4) is 0 Å². The Morgan fingerprint density at radius 2 is 2.16 bits per heavy atom. The second-order valence-electron chi connectivity index (χ2n) is 4.82. The van der Waals surface area contributed by atoms with Gasteiger partial charge in [-0.25, -0.2) is 4.39 Å². The Balaban J connectivity index is 1.90. The van der Waals surface area contributed by atoms with E-state index in [2.05, 4.69) is 10.1 Å². The number of nitrogens with two attached hydrogens (primary N) is 1. The van der Waals surface area contributed by atoms with Crippen LogP contribution >= 0.6 is 11.6 Å². The Hall–Kier alpha value is -1.33. The first kappa shape index (κ1) is 14.1. The summed E-state index contributed by atoms with van der Waals surface area (Å²) in [6.07, 6.45) is 1.71. The summed E-state index contributed by atoms with van der Waals surface area (Å²) in [7, 11) is 0. The van der Waals surface area contributed by atoms with Crippen LogP contribution in [-0.2, 0) is 6.54 Å². The molecule has 0 saturated carbocycles. The van der Waals surface area contributed by atoms with Gasteiger partial charge in [0.15, 0.2) is 0 Å². The summed E-state index contributed by atoms with van der Waals surface area (Å²) >= 11 is 5.65. The van der Waals surface area contributed by atoms with Crippen molar-refractivity contribution in [2.75, 3.05) is 13.1 Å². The van der Waals surface area contributed by atoms with E-state index in [-0.39, 0.29) is 16.8 Å². The number of amidine groups is 1. The number of halogens is 2. The molecule has 19 heavy (non-hydrogen) atoms. The van der Waals surface area contributed by atoms with E-state index in [1.165, 1.54) is 6.07 Å². The molecule has 1 aromatic rings. The lowest BCUT2D eigenvalue weighted by Gasteiger charge is -2.31. The summed E-state index contributed by atoms with van der Waals surface area (Å²) in [6, 6.07) is 4.88. The zero-order chi connectivity index (χ0) is 13.8. The molecule has 0 aliphatic carbocycles. The van der Waals surface area contributed by atoms with Gasteiger partial charge in [-0.15, -0.1) is 0 Å². The minimum absolute atomic E-state index is 0.142. The molecule has 0 amide bonds. The molecule has 2 rings (SSSR count). The maximum atomic E-state index is 13.3. The van der Waals surface area contributed by atoms with E-state index in [1.807, 2.05) is 6.07 Å². The van der Waals surface area contributed by atoms with Gasteiger partial charge in [-0.1, -0.05) is 22.8 Å². The molecule has 4 nitrogen and oxygen atoms in total. The number of piperidine rings is 1. The van der Waals surface area contributed by atoms with Crippen LogP contribution < -0.4 is 5.73 Å². The van der Waals surface area contributed by atoms with Crippen molar-refractivity contribution in [1.82, 2.24) is 4.90 Å². The van der Waals surface area contributed by atoms with Crippen molar-refractivity contribution in [3.63, 3.8) is 0 Å². The molecule has 0 spiro atoms. The molecule has 0 radical (unpaired) electrons. The summed E-state index contributed by atoms with van der Waals surface area (Å²) in [5.41, 5.74) is 6.51. The largest absolute Gasteiger partial charge is 0.409 e. The van der Waals surface area contributed by atoms with Gasteiger partial charge in [0.1, 0.15) is 11.7 Å². The zero-order valence-electron chi connectivity index (χ0n) is 10.5. The molecule has 0 unspecified atom stereocenters. The third kappa shape index (κ3) is 3.58. The Labute approximate surface area is 116 Å². The number of benzene rings is 1. The number of hydrogen-bond donors (Lipinski definition) is 2. The van der Waals surface area contributed by atoms with E-state index in [0.29, 0.717) is 12.4 Å². The predicted octanol–water partition coefficient (Wildman–Crippen LogP) is 2.44. The highest BCUT2D eigenvalue weighted by molar-refractivity contribution is 6.30. The van der Waals surface area contributed by atoms with Crippen LogP contribution in [-0.4, -0.2) is 29.0 Å². The first-order valence-electron chi connectivity index (χ1n) is 6.24. The average Bonchev–Trinajstić information content (AvgIpc) is 2.43. The fourth-order valence-electron chi connectivity index (χ4n) is 2.36. The molecule has 6 heteroatoms. The van der Waals surface area contributed by atoms with Crippen LogP contribution in [0.4, 0.5) is 4.39 Å². The van der Waals surface area contributed by atoms with Crippen LogP contribution in [0.15, 0.2) is 23.4 Å². The van der Waals surface area contributed by atoms with Gasteiger partial charge < -0.3 is 10.9 Å². The highest BCUT2D eigenvalue weighted by Crippen LogP contribution is 2.21. The minimum Gasteiger partial charge on any atom is -0.409 e. The van der Waals surface area contributed by atoms with Crippen LogP contribution in [0, 0.1) is 11.7 Å². The average molecular weight is 286 g/mol. The molecule has 3 N–H and O–H groups in total. The standard InChI is InChI=1S/C13H17ClFN3O/c14-11-2-1-9(7-12(11)15)8-18-5-3-10(4-6-18)13(16)17-19/h1-2,7,10,19H,3-6,8H2,(H2,16,17). The quantitative estimate of drug-likeness (QED) is 0.388. The van der Waals surface area contributed by atoms with Gasteiger partial charge in [0, 0.05) is 12.5 Å². The predicted molar refractivity (Wildman–Crippen MR) is 72.8 cm³/mol. The van der Waals surface area contributed by atoms with Crippen LogP contribution in [0.25, 0.3) is 0 Å². The molecule has 1 aliphatic rings. The van der Waals surface area contributed by atoms with Crippen molar-refractivity contribution in [1.29, 1.82) is 0 Å².